The molecule has 0 saturated carbocycles. The Kier molecular flexibility index (Phi) is 2.99. The Balaban J connectivity index is 2.16. The van der Waals surface area contributed by atoms with Crippen LogP contribution in [0.25, 0.3) is 0 Å². The van der Waals surface area contributed by atoms with Crippen LogP contribution in [-0.4, -0.2) is 10.9 Å². The molecule has 0 bridgehead atoms. The predicted molar refractivity (Wildman–Crippen MR) is 64.4 cm³/mol. The maximum absolute atomic E-state index is 11.7. The van der Waals surface area contributed by atoms with Crippen LogP contribution in [-0.2, 0) is 0 Å². The summed E-state index contributed by atoms with van der Waals surface area (Å²) in [7, 11) is 0. The van der Waals surface area contributed by atoms with E-state index in [1.807, 2.05) is 0 Å². The van der Waals surface area contributed by atoms with E-state index in [4.69, 9.17) is 6.42 Å². The van der Waals surface area contributed by atoms with Crippen LogP contribution in [0.4, 0.5) is 5.69 Å². The molecule has 0 saturated heterocycles. The summed E-state index contributed by atoms with van der Waals surface area (Å²) in [5.74, 6) is 2.28. The van der Waals surface area contributed by atoms with Gasteiger partial charge < -0.3 is 5.32 Å². The zero-order chi connectivity index (χ0) is 11.4. The first-order valence-corrected chi connectivity index (χ1v) is 5.50. The van der Waals surface area contributed by atoms with E-state index in [0.717, 1.165) is 5.56 Å². The zero-order valence-corrected chi connectivity index (χ0v) is 9.12. The molecule has 0 aliphatic heterocycles. The normalized spacial score (nSPS) is 9.44. The quantitative estimate of drug-likeness (QED) is 0.802. The molecule has 0 aliphatic carbocycles. The van der Waals surface area contributed by atoms with Gasteiger partial charge >= 0.3 is 0 Å². The summed E-state index contributed by atoms with van der Waals surface area (Å²) in [6.07, 6.45) is 5.27. The number of aromatic nitrogens is 1. The second-order valence-corrected chi connectivity index (χ2v) is 3.77. The topological polar surface area (TPSA) is 42.0 Å². The van der Waals surface area contributed by atoms with Crippen LogP contribution >= 0.6 is 11.3 Å². The monoisotopic (exact) mass is 228 g/mol. The van der Waals surface area contributed by atoms with Gasteiger partial charge in [0.15, 0.2) is 0 Å². The number of anilines is 1. The molecule has 3 nitrogen and oxygen atoms in total. The van der Waals surface area contributed by atoms with Crippen molar-refractivity contribution >= 4 is 22.9 Å². The molecular formula is C12H8N2OS. The first-order chi connectivity index (χ1) is 7.79. The minimum atomic E-state index is -0.226. The van der Waals surface area contributed by atoms with Crippen LogP contribution in [0.2, 0.25) is 0 Å². The molecule has 4 heteroatoms. The lowest BCUT2D eigenvalue weighted by atomic mass is 10.2. The second-order valence-electron chi connectivity index (χ2n) is 3.05. The number of hydrogen-bond donors (Lipinski definition) is 1. The number of nitrogens with one attached hydrogen (secondary N) is 1. The summed E-state index contributed by atoms with van der Waals surface area (Å²) in [5.41, 5.74) is 3.44. The minimum Gasteiger partial charge on any atom is -0.321 e. The molecule has 0 radical (unpaired) electrons. The molecule has 78 valence electrons. The van der Waals surface area contributed by atoms with Crippen molar-refractivity contribution in [1.29, 1.82) is 0 Å². The van der Waals surface area contributed by atoms with Crippen molar-refractivity contribution in [2.24, 2.45) is 0 Å². The fourth-order valence-electron chi connectivity index (χ4n) is 1.21. The third-order valence-electron chi connectivity index (χ3n) is 1.95. The lowest BCUT2D eigenvalue weighted by molar-refractivity contribution is 0.102. The van der Waals surface area contributed by atoms with Gasteiger partial charge in [-0.15, -0.1) is 17.8 Å². The van der Waals surface area contributed by atoms with E-state index in [2.05, 4.69) is 16.2 Å². The largest absolute Gasteiger partial charge is 0.321 e. The van der Waals surface area contributed by atoms with Crippen LogP contribution < -0.4 is 5.32 Å². The third-order valence-corrected chi connectivity index (χ3v) is 2.54. The van der Waals surface area contributed by atoms with Gasteiger partial charge in [-0.25, -0.2) is 4.98 Å². The molecule has 1 aromatic carbocycles. The Labute approximate surface area is 97.2 Å². The van der Waals surface area contributed by atoms with Gasteiger partial charge in [0.25, 0.3) is 5.91 Å². The van der Waals surface area contributed by atoms with Crippen LogP contribution in [0.3, 0.4) is 0 Å². The molecule has 0 spiro atoms. The van der Waals surface area contributed by atoms with Crippen LogP contribution in [0.15, 0.2) is 35.2 Å². The van der Waals surface area contributed by atoms with E-state index in [1.165, 1.54) is 11.3 Å². The maximum atomic E-state index is 11.7. The van der Waals surface area contributed by atoms with Crippen molar-refractivity contribution in [2.45, 2.75) is 0 Å². The van der Waals surface area contributed by atoms with E-state index in [1.54, 1.807) is 35.2 Å². The molecule has 1 N–H and O–H groups in total. The highest BCUT2D eigenvalue weighted by Crippen LogP contribution is 2.11. The molecule has 0 fully saturated rings. The number of carbonyl (C=O) groups is 1. The van der Waals surface area contributed by atoms with E-state index >= 15 is 0 Å². The number of amides is 1. The average Bonchev–Trinajstić information content (AvgIpc) is 2.83. The lowest BCUT2D eigenvalue weighted by Crippen LogP contribution is -2.12. The molecule has 0 atom stereocenters. The maximum Gasteiger partial charge on any atom is 0.275 e. The Morgan fingerprint density at radius 3 is 3.06 bits per heavy atom. The number of rotatable bonds is 2. The van der Waals surface area contributed by atoms with Crippen LogP contribution in [0, 0.1) is 12.3 Å². The first-order valence-electron chi connectivity index (χ1n) is 4.56. The first kappa shape index (κ1) is 10.4. The van der Waals surface area contributed by atoms with Gasteiger partial charge in [-0.1, -0.05) is 12.0 Å². The summed E-state index contributed by atoms with van der Waals surface area (Å²) < 4.78 is 0. The summed E-state index contributed by atoms with van der Waals surface area (Å²) in [6.45, 7) is 0. The SMILES string of the molecule is C#Cc1cccc(NC(=O)c2cscn2)c1. The number of benzene rings is 1. The number of nitrogens with zero attached hydrogens (tertiary/aromatic N) is 1. The Bertz CT molecular complexity index is 540. The predicted octanol–water partition coefficient (Wildman–Crippen LogP) is 2.38. The molecule has 2 aromatic rings. The van der Waals surface area contributed by atoms with E-state index in [0.29, 0.717) is 11.4 Å². The van der Waals surface area contributed by atoms with Crippen molar-refractivity contribution in [3.8, 4) is 12.3 Å². The second kappa shape index (κ2) is 4.60. The molecule has 2 rings (SSSR count). The molecule has 0 unspecified atom stereocenters. The van der Waals surface area contributed by atoms with Crippen molar-refractivity contribution in [3.05, 3.63) is 46.4 Å². The van der Waals surface area contributed by atoms with E-state index in [-0.39, 0.29) is 5.91 Å². The lowest BCUT2D eigenvalue weighted by Gasteiger charge is -2.03. The molecule has 1 heterocycles. The zero-order valence-electron chi connectivity index (χ0n) is 8.31. The minimum absolute atomic E-state index is 0.226. The Hall–Kier alpha value is -2.12. The Morgan fingerprint density at radius 1 is 1.50 bits per heavy atom. The van der Waals surface area contributed by atoms with Gasteiger partial charge in [-0.2, -0.15) is 0 Å². The molecule has 16 heavy (non-hydrogen) atoms. The molecule has 0 aliphatic rings. The highest BCUT2D eigenvalue weighted by molar-refractivity contribution is 7.07. The molecular weight excluding hydrogens is 220 g/mol. The van der Waals surface area contributed by atoms with Crippen molar-refractivity contribution in [3.63, 3.8) is 0 Å². The summed E-state index contributed by atoms with van der Waals surface area (Å²) in [5, 5.41) is 4.42. The standard InChI is InChI=1S/C12H8N2OS/c1-2-9-4-3-5-10(6-9)14-12(15)11-7-16-8-13-11/h1,3-8H,(H,14,15). The highest BCUT2D eigenvalue weighted by atomic mass is 32.1. The average molecular weight is 228 g/mol. The van der Waals surface area contributed by atoms with E-state index in [9.17, 15) is 4.79 Å². The van der Waals surface area contributed by atoms with Gasteiger partial charge in [0.1, 0.15) is 5.69 Å². The smallest absolute Gasteiger partial charge is 0.275 e. The van der Waals surface area contributed by atoms with Gasteiger partial charge in [0.2, 0.25) is 0 Å². The number of hydrogen-bond acceptors (Lipinski definition) is 3. The van der Waals surface area contributed by atoms with Gasteiger partial charge in [-0.05, 0) is 18.2 Å². The fourth-order valence-corrected chi connectivity index (χ4v) is 1.74. The summed E-state index contributed by atoms with van der Waals surface area (Å²) in [6, 6.07) is 7.12. The van der Waals surface area contributed by atoms with Crippen molar-refractivity contribution in [1.82, 2.24) is 4.98 Å². The molecule has 1 aromatic heterocycles. The summed E-state index contributed by atoms with van der Waals surface area (Å²) in [4.78, 5) is 15.6. The summed E-state index contributed by atoms with van der Waals surface area (Å²) >= 11 is 1.38. The highest BCUT2D eigenvalue weighted by Gasteiger charge is 2.07. The fraction of sp³-hybridized carbons (Fsp3) is 0. The van der Waals surface area contributed by atoms with Gasteiger partial charge in [-0.3, -0.25) is 4.79 Å². The van der Waals surface area contributed by atoms with E-state index < -0.39 is 0 Å². The van der Waals surface area contributed by atoms with Crippen LogP contribution in [0.5, 0.6) is 0 Å². The Morgan fingerprint density at radius 2 is 2.38 bits per heavy atom. The number of terminal acetylenes is 1. The molecule has 1 amide bonds. The van der Waals surface area contributed by atoms with Gasteiger partial charge in [0.05, 0.1) is 5.51 Å². The number of carbonyl (C=O) groups excluding carboxylic acids is 1. The third kappa shape index (κ3) is 2.27. The van der Waals surface area contributed by atoms with Gasteiger partial charge in [0, 0.05) is 16.6 Å². The van der Waals surface area contributed by atoms with Crippen molar-refractivity contribution < 1.29 is 4.79 Å². The van der Waals surface area contributed by atoms with Crippen molar-refractivity contribution in [2.75, 3.05) is 5.32 Å². The van der Waals surface area contributed by atoms with Crippen LogP contribution in [0.1, 0.15) is 16.1 Å². The number of thiazole rings is 1.